The van der Waals surface area contributed by atoms with E-state index in [1.807, 2.05) is 39.8 Å². The minimum absolute atomic E-state index is 0.120. The standard InChI is InChI=1S/C17H27NO4S/c1-14-7-9-16(10-8-14)23(19,20)18-11-5-6-15(18)12-21-13-22-17(2,3)4/h7-10,15H,5-6,11-13H2,1-4H3/t15-/m0/s1. The lowest BCUT2D eigenvalue weighted by molar-refractivity contribution is -0.124. The van der Waals surface area contributed by atoms with Crippen LogP contribution in [0.25, 0.3) is 0 Å². The third-order valence-corrected chi connectivity index (χ3v) is 5.80. The van der Waals surface area contributed by atoms with Crippen LogP contribution < -0.4 is 0 Å². The molecule has 0 aliphatic carbocycles. The average molecular weight is 341 g/mol. The average Bonchev–Trinajstić information content (AvgIpc) is 2.92. The summed E-state index contributed by atoms with van der Waals surface area (Å²) in [6, 6.07) is 6.87. The molecule has 5 nitrogen and oxygen atoms in total. The third kappa shape index (κ3) is 5.01. The van der Waals surface area contributed by atoms with E-state index >= 15 is 0 Å². The van der Waals surface area contributed by atoms with Crippen molar-refractivity contribution in [3.63, 3.8) is 0 Å². The van der Waals surface area contributed by atoms with E-state index in [-0.39, 0.29) is 18.4 Å². The van der Waals surface area contributed by atoms with E-state index in [2.05, 4.69) is 0 Å². The molecule has 130 valence electrons. The Morgan fingerprint density at radius 1 is 1.22 bits per heavy atom. The van der Waals surface area contributed by atoms with E-state index in [4.69, 9.17) is 9.47 Å². The van der Waals surface area contributed by atoms with Crippen molar-refractivity contribution in [1.82, 2.24) is 4.31 Å². The molecule has 0 N–H and O–H groups in total. The molecule has 0 bridgehead atoms. The van der Waals surface area contributed by atoms with Crippen LogP contribution in [0.1, 0.15) is 39.2 Å². The normalized spacial score (nSPS) is 20.1. The Kier molecular flexibility index (Phi) is 5.84. The number of ether oxygens (including phenoxy) is 2. The summed E-state index contributed by atoms with van der Waals surface area (Å²) >= 11 is 0. The molecule has 1 heterocycles. The molecule has 1 aromatic carbocycles. The van der Waals surface area contributed by atoms with Crippen LogP contribution in [0.3, 0.4) is 0 Å². The van der Waals surface area contributed by atoms with Gasteiger partial charge in [-0.2, -0.15) is 4.31 Å². The SMILES string of the molecule is Cc1ccc(S(=O)(=O)N2CCC[C@H]2COCOC(C)(C)C)cc1. The minimum atomic E-state index is -3.46. The van der Waals surface area contributed by atoms with Crippen molar-refractivity contribution in [2.75, 3.05) is 19.9 Å². The van der Waals surface area contributed by atoms with Gasteiger partial charge in [0, 0.05) is 12.6 Å². The summed E-state index contributed by atoms with van der Waals surface area (Å²) in [6.45, 7) is 8.91. The zero-order chi connectivity index (χ0) is 17.1. The molecular weight excluding hydrogens is 314 g/mol. The number of rotatable bonds is 6. The lowest BCUT2D eigenvalue weighted by atomic mass is 10.2. The highest BCUT2D eigenvalue weighted by atomic mass is 32.2. The lowest BCUT2D eigenvalue weighted by Gasteiger charge is -2.25. The fourth-order valence-electron chi connectivity index (χ4n) is 2.54. The largest absolute Gasteiger partial charge is 0.354 e. The molecule has 1 fully saturated rings. The Hall–Kier alpha value is -0.950. The molecule has 6 heteroatoms. The molecule has 0 amide bonds. The molecule has 0 saturated carbocycles. The fourth-order valence-corrected chi connectivity index (χ4v) is 4.22. The molecule has 0 radical (unpaired) electrons. The second-order valence-electron chi connectivity index (χ2n) is 6.97. The van der Waals surface area contributed by atoms with E-state index in [1.54, 1.807) is 16.4 Å². The highest BCUT2D eigenvalue weighted by Crippen LogP contribution is 2.26. The van der Waals surface area contributed by atoms with Crippen LogP contribution >= 0.6 is 0 Å². The van der Waals surface area contributed by atoms with E-state index in [0.717, 1.165) is 18.4 Å². The first-order valence-corrected chi connectivity index (χ1v) is 9.44. The predicted molar refractivity (Wildman–Crippen MR) is 89.7 cm³/mol. The summed E-state index contributed by atoms with van der Waals surface area (Å²) in [4.78, 5) is 0.348. The van der Waals surface area contributed by atoms with E-state index in [1.165, 1.54) is 0 Å². The van der Waals surface area contributed by atoms with Crippen LogP contribution in [-0.2, 0) is 19.5 Å². The highest BCUT2D eigenvalue weighted by molar-refractivity contribution is 7.89. The number of hydrogen-bond donors (Lipinski definition) is 0. The molecule has 1 aliphatic rings. The second kappa shape index (κ2) is 7.30. The predicted octanol–water partition coefficient (Wildman–Crippen LogP) is 2.94. The highest BCUT2D eigenvalue weighted by Gasteiger charge is 2.35. The fraction of sp³-hybridized carbons (Fsp3) is 0.647. The molecule has 0 unspecified atom stereocenters. The van der Waals surface area contributed by atoms with Gasteiger partial charge < -0.3 is 9.47 Å². The summed E-state index contributed by atoms with van der Waals surface area (Å²) < 4.78 is 38.2. The maximum atomic E-state index is 12.8. The van der Waals surface area contributed by atoms with Crippen LogP contribution in [0, 0.1) is 6.92 Å². The number of benzene rings is 1. The molecule has 1 saturated heterocycles. The molecule has 0 spiro atoms. The lowest BCUT2D eigenvalue weighted by Crippen LogP contribution is -2.38. The van der Waals surface area contributed by atoms with Crippen molar-refractivity contribution in [3.05, 3.63) is 29.8 Å². The zero-order valence-corrected chi connectivity index (χ0v) is 15.2. The maximum absolute atomic E-state index is 12.8. The molecule has 1 aliphatic heterocycles. The monoisotopic (exact) mass is 341 g/mol. The smallest absolute Gasteiger partial charge is 0.243 e. The summed E-state index contributed by atoms with van der Waals surface area (Å²) in [5.74, 6) is 0. The van der Waals surface area contributed by atoms with Crippen molar-refractivity contribution >= 4 is 10.0 Å². The molecule has 0 aromatic heterocycles. The first-order chi connectivity index (χ1) is 10.7. The first kappa shape index (κ1) is 18.4. The second-order valence-corrected chi connectivity index (χ2v) is 8.86. The van der Waals surface area contributed by atoms with Gasteiger partial charge in [-0.15, -0.1) is 0 Å². The van der Waals surface area contributed by atoms with Crippen LogP contribution in [0.4, 0.5) is 0 Å². The van der Waals surface area contributed by atoms with E-state index in [0.29, 0.717) is 18.0 Å². The van der Waals surface area contributed by atoms with Crippen LogP contribution in [0.5, 0.6) is 0 Å². The summed E-state index contributed by atoms with van der Waals surface area (Å²) in [6.07, 6.45) is 1.68. The quantitative estimate of drug-likeness (QED) is 0.590. The van der Waals surface area contributed by atoms with Crippen molar-refractivity contribution in [2.24, 2.45) is 0 Å². The summed E-state index contributed by atoms with van der Waals surface area (Å²) in [5.41, 5.74) is 0.785. The van der Waals surface area contributed by atoms with Gasteiger partial charge in [-0.25, -0.2) is 8.42 Å². The Labute approximate surface area is 139 Å². The topological polar surface area (TPSA) is 55.8 Å². The van der Waals surface area contributed by atoms with E-state index in [9.17, 15) is 8.42 Å². The van der Waals surface area contributed by atoms with Gasteiger partial charge in [0.15, 0.2) is 0 Å². The molecule has 1 atom stereocenters. The molecule has 23 heavy (non-hydrogen) atoms. The van der Waals surface area contributed by atoms with Crippen molar-refractivity contribution in [3.8, 4) is 0 Å². The maximum Gasteiger partial charge on any atom is 0.243 e. The van der Waals surface area contributed by atoms with Gasteiger partial charge >= 0.3 is 0 Å². The Bertz CT molecular complexity index is 604. The van der Waals surface area contributed by atoms with Gasteiger partial charge in [0.25, 0.3) is 0 Å². The summed E-state index contributed by atoms with van der Waals surface area (Å²) in [7, 11) is -3.46. The molecule has 2 rings (SSSR count). The molecular formula is C17H27NO4S. The van der Waals surface area contributed by atoms with Crippen molar-refractivity contribution in [2.45, 2.75) is 57.1 Å². The van der Waals surface area contributed by atoms with Gasteiger partial charge in [0.05, 0.1) is 17.1 Å². The zero-order valence-electron chi connectivity index (χ0n) is 14.4. The number of aryl methyl sites for hydroxylation is 1. The van der Waals surface area contributed by atoms with Crippen molar-refractivity contribution in [1.29, 1.82) is 0 Å². The minimum Gasteiger partial charge on any atom is -0.354 e. The Morgan fingerprint density at radius 2 is 1.87 bits per heavy atom. The summed E-state index contributed by atoms with van der Waals surface area (Å²) in [5, 5.41) is 0. The van der Waals surface area contributed by atoms with Crippen molar-refractivity contribution < 1.29 is 17.9 Å². The first-order valence-electron chi connectivity index (χ1n) is 8.00. The van der Waals surface area contributed by atoms with Crippen LogP contribution in [-0.4, -0.2) is 44.3 Å². The molecule has 1 aromatic rings. The number of sulfonamides is 1. The van der Waals surface area contributed by atoms with Crippen LogP contribution in [0.2, 0.25) is 0 Å². The van der Waals surface area contributed by atoms with Crippen LogP contribution in [0.15, 0.2) is 29.2 Å². The van der Waals surface area contributed by atoms with Gasteiger partial charge in [-0.05, 0) is 52.7 Å². The van der Waals surface area contributed by atoms with Gasteiger partial charge in [-0.3, -0.25) is 0 Å². The third-order valence-electron chi connectivity index (χ3n) is 3.84. The van der Waals surface area contributed by atoms with Gasteiger partial charge in [-0.1, -0.05) is 17.7 Å². The van der Waals surface area contributed by atoms with E-state index < -0.39 is 10.0 Å². The van der Waals surface area contributed by atoms with Gasteiger partial charge in [0.2, 0.25) is 10.0 Å². The Balaban J connectivity index is 1.99. The Morgan fingerprint density at radius 3 is 2.48 bits per heavy atom. The number of nitrogens with zero attached hydrogens (tertiary/aromatic N) is 1. The number of hydrogen-bond acceptors (Lipinski definition) is 4. The van der Waals surface area contributed by atoms with Gasteiger partial charge in [0.1, 0.15) is 6.79 Å².